The van der Waals surface area contributed by atoms with Crippen molar-refractivity contribution < 1.29 is 8.78 Å². The molecule has 0 saturated heterocycles. The zero-order valence-corrected chi connectivity index (χ0v) is 12.6. The summed E-state index contributed by atoms with van der Waals surface area (Å²) in [6, 6.07) is 8.07. The van der Waals surface area contributed by atoms with Crippen LogP contribution in [0.5, 0.6) is 0 Å². The van der Waals surface area contributed by atoms with Crippen LogP contribution in [-0.4, -0.2) is 18.5 Å². The second kappa shape index (κ2) is 6.86. The van der Waals surface area contributed by atoms with E-state index < -0.39 is 5.92 Å². The Morgan fingerprint density at radius 1 is 1.35 bits per heavy atom. The van der Waals surface area contributed by atoms with E-state index in [1.54, 1.807) is 0 Å². The molecule has 2 rings (SSSR count). The lowest BCUT2D eigenvalue weighted by atomic mass is 9.80. The Labute approximate surface area is 124 Å². The van der Waals surface area contributed by atoms with Crippen LogP contribution in [-0.2, 0) is 6.42 Å². The van der Waals surface area contributed by atoms with Crippen molar-refractivity contribution in [3.8, 4) is 0 Å². The number of likely N-dealkylation sites (N-methyl/N-ethyl adjacent to an activating group) is 1. The maximum Gasteiger partial charge on any atom is 0.248 e. The van der Waals surface area contributed by atoms with Gasteiger partial charge in [-0.2, -0.15) is 0 Å². The first kappa shape index (κ1) is 15.7. The third kappa shape index (κ3) is 4.42. The highest BCUT2D eigenvalue weighted by molar-refractivity contribution is 6.30. The molecule has 0 aliphatic heterocycles. The van der Waals surface area contributed by atoms with Gasteiger partial charge in [-0.15, -0.1) is 0 Å². The largest absolute Gasteiger partial charge is 0.314 e. The molecule has 1 N–H and O–H groups in total. The van der Waals surface area contributed by atoms with Crippen molar-refractivity contribution in [3.05, 3.63) is 34.9 Å². The van der Waals surface area contributed by atoms with Gasteiger partial charge in [-0.3, -0.25) is 0 Å². The molecule has 20 heavy (non-hydrogen) atoms. The number of hydrogen-bond donors (Lipinski definition) is 1. The molecule has 0 bridgehead atoms. The van der Waals surface area contributed by atoms with Gasteiger partial charge in [0, 0.05) is 23.9 Å². The van der Waals surface area contributed by atoms with Crippen LogP contribution in [0, 0.1) is 5.92 Å². The Bertz CT molecular complexity index is 426. The molecule has 0 aromatic heterocycles. The lowest BCUT2D eigenvalue weighted by Crippen LogP contribution is -2.41. The molecule has 0 spiro atoms. The van der Waals surface area contributed by atoms with Crippen molar-refractivity contribution in [2.75, 3.05) is 6.54 Å². The van der Waals surface area contributed by atoms with E-state index in [9.17, 15) is 8.78 Å². The van der Waals surface area contributed by atoms with Gasteiger partial charge < -0.3 is 5.32 Å². The Morgan fingerprint density at radius 2 is 2.05 bits per heavy atom. The summed E-state index contributed by atoms with van der Waals surface area (Å²) in [4.78, 5) is 0. The quantitative estimate of drug-likeness (QED) is 0.832. The normalized spacial score (nSPS) is 20.8. The van der Waals surface area contributed by atoms with E-state index in [-0.39, 0.29) is 18.9 Å². The van der Waals surface area contributed by atoms with Crippen LogP contribution in [0.15, 0.2) is 24.3 Å². The molecule has 1 unspecified atom stereocenters. The first-order chi connectivity index (χ1) is 9.50. The van der Waals surface area contributed by atoms with E-state index in [0.717, 1.165) is 18.0 Å². The smallest absolute Gasteiger partial charge is 0.248 e. The zero-order chi connectivity index (χ0) is 14.6. The zero-order valence-electron chi connectivity index (χ0n) is 11.8. The summed E-state index contributed by atoms with van der Waals surface area (Å²) in [6.07, 6.45) is 2.10. The predicted molar refractivity (Wildman–Crippen MR) is 79.5 cm³/mol. The third-order valence-electron chi connectivity index (χ3n) is 4.14. The van der Waals surface area contributed by atoms with Crippen molar-refractivity contribution in [1.29, 1.82) is 0 Å². The van der Waals surface area contributed by atoms with Gasteiger partial charge in [0.25, 0.3) is 0 Å². The minimum Gasteiger partial charge on any atom is -0.314 e. The fourth-order valence-electron chi connectivity index (χ4n) is 3.05. The molecule has 1 aromatic carbocycles. The molecule has 1 nitrogen and oxygen atoms in total. The number of benzene rings is 1. The fraction of sp³-hybridized carbons (Fsp3) is 0.625. The van der Waals surface area contributed by atoms with Crippen LogP contribution in [0.4, 0.5) is 8.78 Å². The maximum atomic E-state index is 13.3. The molecule has 1 saturated carbocycles. The van der Waals surface area contributed by atoms with Gasteiger partial charge in [-0.1, -0.05) is 30.7 Å². The Kier molecular flexibility index (Phi) is 5.39. The summed E-state index contributed by atoms with van der Waals surface area (Å²) in [5, 5.41) is 4.19. The summed E-state index contributed by atoms with van der Waals surface area (Å²) in [7, 11) is 0. The fourth-order valence-corrected chi connectivity index (χ4v) is 3.26. The highest BCUT2D eigenvalue weighted by Gasteiger charge is 2.37. The first-order valence-electron chi connectivity index (χ1n) is 7.36. The van der Waals surface area contributed by atoms with Gasteiger partial charge in [-0.25, -0.2) is 8.78 Å². The van der Waals surface area contributed by atoms with Crippen LogP contribution in [0.2, 0.25) is 5.02 Å². The third-order valence-corrected chi connectivity index (χ3v) is 4.38. The van der Waals surface area contributed by atoms with E-state index >= 15 is 0 Å². The van der Waals surface area contributed by atoms with E-state index in [1.807, 2.05) is 24.3 Å². The average Bonchev–Trinajstić information content (AvgIpc) is 2.38. The standard InChI is InChI=1S/C16H22ClF2N/c1-2-20-15(11-12-4-3-5-14(17)10-12)13-6-8-16(18,19)9-7-13/h3-5,10,13,15,20H,2,6-9,11H2,1H3. The lowest BCUT2D eigenvalue weighted by molar-refractivity contribution is -0.0494. The number of alkyl halides is 2. The van der Waals surface area contributed by atoms with Crippen LogP contribution >= 0.6 is 11.6 Å². The number of nitrogens with one attached hydrogen (secondary N) is 1. The summed E-state index contributed by atoms with van der Waals surface area (Å²) in [6.45, 7) is 2.92. The maximum absolute atomic E-state index is 13.3. The van der Waals surface area contributed by atoms with Crippen molar-refractivity contribution in [3.63, 3.8) is 0 Å². The van der Waals surface area contributed by atoms with Crippen molar-refractivity contribution in [1.82, 2.24) is 5.32 Å². The molecular formula is C16H22ClF2N. The number of halogens is 3. The lowest BCUT2D eigenvalue weighted by Gasteiger charge is -2.34. The molecule has 1 fully saturated rings. The molecule has 1 aliphatic rings. The minimum absolute atomic E-state index is 0.0229. The van der Waals surface area contributed by atoms with E-state index in [2.05, 4.69) is 12.2 Å². The SMILES string of the molecule is CCNC(Cc1cccc(Cl)c1)C1CCC(F)(F)CC1. The number of rotatable bonds is 5. The second-order valence-electron chi connectivity index (χ2n) is 5.69. The van der Waals surface area contributed by atoms with Gasteiger partial charge >= 0.3 is 0 Å². The van der Waals surface area contributed by atoms with Crippen molar-refractivity contribution in [2.45, 2.75) is 51.0 Å². The minimum atomic E-state index is -2.46. The summed E-state index contributed by atoms with van der Waals surface area (Å²) in [5.41, 5.74) is 1.17. The molecule has 0 radical (unpaired) electrons. The van der Waals surface area contributed by atoms with Crippen LogP contribution in [0.25, 0.3) is 0 Å². The van der Waals surface area contributed by atoms with E-state index in [4.69, 9.17) is 11.6 Å². The highest BCUT2D eigenvalue weighted by atomic mass is 35.5. The summed E-state index contributed by atoms with van der Waals surface area (Å²) >= 11 is 6.01. The first-order valence-corrected chi connectivity index (χ1v) is 7.73. The van der Waals surface area contributed by atoms with Crippen LogP contribution in [0.3, 0.4) is 0 Å². The Balaban J connectivity index is 2.00. The molecule has 4 heteroatoms. The Hall–Kier alpha value is -0.670. The van der Waals surface area contributed by atoms with Gasteiger partial charge in [0.05, 0.1) is 0 Å². The van der Waals surface area contributed by atoms with Gasteiger partial charge in [-0.05, 0) is 49.4 Å². The van der Waals surface area contributed by atoms with Crippen molar-refractivity contribution >= 4 is 11.6 Å². The molecule has 1 aliphatic carbocycles. The molecule has 1 atom stereocenters. The van der Waals surface area contributed by atoms with Gasteiger partial charge in [0.2, 0.25) is 5.92 Å². The summed E-state index contributed by atoms with van der Waals surface area (Å²) in [5.74, 6) is -2.13. The molecule has 1 aromatic rings. The molecule has 112 valence electrons. The van der Waals surface area contributed by atoms with E-state index in [0.29, 0.717) is 18.8 Å². The average molecular weight is 302 g/mol. The van der Waals surface area contributed by atoms with Gasteiger partial charge in [0.15, 0.2) is 0 Å². The number of hydrogen-bond acceptors (Lipinski definition) is 1. The monoisotopic (exact) mass is 301 g/mol. The summed E-state index contributed by atoms with van der Waals surface area (Å²) < 4.78 is 26.5. The molecule has 0 amide bonds. The highest BCUT2D eigenvalue weighted by Crippen LogP contribution is 2.38. The van der Waals surface area contributed by atoms with Crippen LogP contribution < -0.4 is 5.32 Å². The van der Waals surface area contributed by atoms with E-state index in [1.165, 1.54) is 5.56 Å². The second-order valence-corrected chi connectivity index (χ2v) is 6.13. The van der Waals surface area contributed by atoms with Gasteiger partial charge in [0.1, 0.15) is 0 Å². The predicted octanol–water partition coefficient (Wildman–Crippen LogP) is 4.69. The topological polar surface area (TPSA) is 12.0 Å². The Morgan fingerprint density at radius 3 is 2.65 bits per heavy atom. The molecule has 0 heterocycles. The molecular weight excluding hydrogens is 280 g/mol. The van der Waals surface area contributed by atoms with Crippen molar-refractivity contribution in [2.24, 2.45) is 5.92 Å². The van der Waals surface area contributed by atoms with Crippen LogP contribution in [0.1, 0.15) is 38.2 Å².